The van der Waals surface area contributed by atoms with Crippen LogP contribution in [0.5, 0.6) is 0 Å². The topological polar surface area (TPSA) is 12.9 Å². The molecule has 1 nitrogen and oxygen atoms in total. The normalized spacial score (nSPS) is 10.5. The maximum absolute atomic E-state index is 12.7. The lowest BCUT2D eigenvalue weighted by Crippen LogP contribution is -2.10. The molecule has 0 aliphatic carbocycles. The van der Waals surface area contributed by atoms with E-state index in [2.05, 4.69) is 11.6 Å². The molecule has 1 aromatic rings. The van der Waals surface area contributed by atoms with Gasteiger partial charge in [-0.15, -0.1) is 18.3 Å². The Hall–Kier alpha value is -0.970. The second-order valence-electron chi connectivity index (χ2n) is 2.91. The highest BCUT2D eigenvalue weighted by Crippen LogP contribution is 2.37. The molecule has 1 aromatic heterocycles. The first-order valence-corrected chi connectivity index (χ1v) is 6.22. The highest BCUT2D eigenvalue weighted by molar-refractivity contribution is 7.99. The van der Waals surface area contributed by atoms with Crippen molar-refractivity contribution in [2.45, 2.75) is 32.0 Å². The second-order valence-corrected chi connectivity index (χ2v) is 3.91. The van der Waals surface area contributed by atoms with Crippen molar-refractivity contribution in [3.8, 4) is 0 Å². The summed E-state index contributed by atoms with van der Waals surface area (Å²) in [5, 5.41) is 0.0161. The van der Waals surface area contributed by atoms with Crippen LogP contribution in [0.3, 0.4) is 0 Å². The molecule has 0 aromatic carbocycles. The van der Waals surface area contributed by atoms with Gasteiger partial charge in [0.15, 0.2) is 0 Å². The van der Waals surface area contributed by atoms with Gasteiger partial charge in [0.1, 0.15) is 5.03 Å². The lowest BCUT2D eigenvalue weighted by Gasteiger charge is -2.13. The van der Waals surface area contributed by atoms with E-state index >= 15 is 0 Å². The van der Waals surface area contributed by atoms with Crippen molar-refractivity contribution < 1.29 is 13.2 Å². The first-order chi connectivity index (χ1) is 7.96. The number of alkyl halides is 3. The summed E-state index contributed by atoms with van der Waals surface area (Å²) in [6.45, 7) is 8.89. The number of rotatable bonds is 3. The van der Waals surface area contributed by atoms with Gasteiger partial charge in [0, 0.05) is 11.9 Å². The van der Waals surface area contributed by atoms with Crippen LogP contribution < -0.4 is 0 Å². The molecule has 1 rings (SSSR count). The Labute approximate surface area is 104 Å². The third-order valence-corrected chi connectivity index (χ3v) is 2.73. The third kappa shape index (κ3) is 4.81. The van der Waals surface area contributed by atoms with E-state index in [1.165, 1.54) is 19.2 Å². The van der Waals surface area contributed by atoms with E-state index in [1.807, 2.05) is 13.8 Å². The second kappa shape index (κ2) is 7.37. The third-order valence-electron chi connectivity index (χ3n) is 1.75. The molecule has 0 atom stereocenters. The van der Waals surface area contributed by atoms with Crippen molar-refractivity contribution in [3.05, 3.63) is 36.0 Å². The van der Waals surface area contributed by atoms with Gasteiger partial charge in [0.05, 0.1) is 5.56 Å². The summed E-state index contributed by atoms with van der Waals surface area (Å²) in [6, 6.07) is 1.36. The van der Waals surface area contributed by atoms with Crippen LogP contribution in [0.1, 0.15) is 25.0 Å². The predicted octanol–water partition coefficient (Wildman–Crippen LogP) is 4.71. The molecule has 0 saturated heterocycles. The van der Waals surface area contributed by atoms with Crippen molar-refractivity contribution in [1.29, 1.82) is 0 Å². The zero-order valence-corrected chi connectivity index (χ0v) is 11.0. The van der Waals surface area contributed by atoms with Gasteiger partial charge in [0.2, 0.25) is 0 Å². The van der Waals surface area contributed by atoms with Gasteiger partial charge < -0.3 is 0 Å². The van der Waals surface area contributed by atoms with E-state index in [9.17, 15) is 13.2 Å². The number of hydrogen-bond donors (Lipinski definition) is 0. The number of aryl methyl sites for hydroxylation is 1. The van der Waals surface area contributed by atoms with Crippen molar-refractivity contribution in [3.63, 3.8) is 0 Å². The van der Waals surface area contributed by atoms with Crippen molar-refractivity contribution in [2.24, 2.45) is 0 Å². The molecule has 0 fully saturated rings. The van der Waals surface area contributed by atoms with Gasteiger partial charge in [-0.05, 0) is 18.6 Å². The number of nitrogens with zero attached hydrogens (tertiary/aromatic N) is 1. The number of halogens is 3. The Kier molecular flexibility index (Phi) is 6.95. The van der Waals surface area contributed by atoms with Gasteiger partial charge in [-0.3, -0.25) is 0 Å². The van der Waals surface area contributed by atoms with Gasteiger partial charge in [-0.1, -0.05) is 19.9 Å². The van der Waals surface area contributed by atoms with E-state index < -0.39 is 11.7 Å². The highest BCUT2D eigenvalue weighted by atomic mass is 32.2. The molecule has 0 unspecified atom stereocenters. The standard InChI is InChI=1S/C10H10F3NS.C2H6/c1-3-6-15-9-8(10(11,12)13)7(2)4-5-14-9;1-2/h3-5H,1,6H2,2H3;1-2H3. The number of pyridine rings is 1. The van der Waals surface area contributed by atoms with Crippen LogP contribution in [0.25, 0.3) is 0 Å². The average Bonchev–Trinajstić information content (AvgIpc) is 2.27. The molecule has 5 heteroatoms. The zero-order valence-electron chi connectivity index (χ0n) is 10.1. The van der Waals surface area contributed by atoms with Crippen LogP contribution in [0.4, 0.5) is 13.2 Å². The van der Waals surface area contributed by atoms with Crippen LogP contribution >= 0.6 is 11.8 Å². The first kappa shape index (κ1) is 16.0. The highest BCUT2D eigenvalue weighted by Gasteiger charge is 2.35. The van der Waals surface area contributed by atoms with E-state index in [-0.39, 0.29) is 10.6 Å². The van der Waals surface area contributed by atoms with Crippen molar-refractivity contribution in [1.82, 2.24) is 4.98 Å². The first-order valence-electron chi connectivity index (χ1n) is 5.23. The van der Waals surface area contributed by atoms with Gasteiger partial charge in [-0.25, -0.2) is 4.98 Å². The van der Waals surface area contributed by atoms with Gasteiger partial charge in [-0.2, -0.15) is 13.2 Å². The minimum absolute atomic E-state index is 0.0161. The minimum atomic E-state index is -4.35. The van der Waals surface area contributed by atoms with Gasteiger partial charge >= 0.3 is 6.18 Å². The zero-order chi connectivity index (χ0) is 13.5. The van der Waals surface area contributed by atoms with Crippen LogP contribution in [0, 0.1) is 6.92 Å². The molecule has 0 aliphatic rings. The molecule has 0 radical (unpaired) electrons. The van der Waals surface area contributed by atoms with Crippen molar-refractivity contribution in [2.75, 3.05) is 5.75 Å². The lowest BCUT2D eigenvalue weighted by atomic mass is 10.1. The fourth-order valence-corrected chi connectivity index (χ4v) is 1.96. The molecule has 0 bridgehead atoms. The molecule has 0 aliphatic heterocycles. The Morgan fingerprint density at radius 1 is 1.41 bits per heavy atom. The maximum Gasteiger partial charge on any atom is 0.419 e. The summed E-state index contributed by atoms with van der Waals surface area (Å²) >= 11 is 1.04. The van der Waals surface area contributed by atoms with E-state index in [4.69, 9.17) is 0 Å². The number of thioether (sulfide) groups is 1. The Morgan fingerprint density at radius 3 is 2.47 bits per heavy atom. The van der Waals surface area contributed by atoms with Gasteiger partial charge in [0.25, 0.3) is 0 Å². The lowest BCUT2D eigenvalue weighted by molar-refractivity contribution is -0.140. The van der Waals surface area contributed by atoms with E-state index in [1.54, 1.807) is 6.08 Å². The van der Waals surface area contributed by atoms with E-state index in [0.717, 1.165) is 11.8 Å². The quantitative estimate of drug-likeness (QED) is 0.578. The smallest absolute Gasteiger partial charge is 0.249 e. The maximum atomic E-state index is 12.7. The molecule has 0 saturated carbocycles. The molecule has 0 spiro atoms. The van der Waals surface area contributed by atoms with Crippen LogP contribution in [-0.2, 0) is 6.18 Å². The fourth-order valence-electron chi connectivity index (χ4n) is 1.13. The summed E-state index contributed by atoms with van der Waals surface area (Å²) in [7, 11) is 0. The SMILES string of the molecule is C=CCSc1nccc(C)c1C(F)(F)F.CC. The number of hydrogen-bond acceptors (Lipinski definition) is 2. The van der Waals surface area contributed by atoms with E-state index in [0.29, 0.717) is 5.75 Å². The van der Waals surface area contributed by atoms with Crippen LogP contribution in [0.2, 0.25) is 0 Å². The minimum Gasteiger partial charge on any atom is -0.249 e. The van der Waals surface area contributed by atoms with Crippen molar-refractivity contribution >= 4 is 11.8 Å². The summed E-state index contributed by atoms with van der Waals surface area (Å²) in [5.41, 5.74) is -0.444. The summed E-state index contributed by atoms with van der Waals surface area (Å²) < 4.78 is 38.0. The average molecular weight is 263 g/mol. The monoisotopic (exact) mass is 263 g/mol. The predicted molar refractivity (Wildman–Crippen MR) is 66.2 cm³/mol. The van der Waals surface area contributed by atoms with Crippen LogP contribution in [-0.4, -0.2) is 10.7 Å². The summed E-state index contributed by atoms with van der Waals surface area (Å²) in [5.74, 6) is 0.416. The molecular formula is C12H16F3NS. The van der Waals surface area contributed by atoms with Crippen LogP contribution in [0.15, 0.2) is 29.9 Å². The Morgan fingerprint density at radius 2 is 2.00 bits per heavy atom. The fraction of sp³-hybridized carbons (Fsp3) is 0.417. The molecular weight excluding hydrogens is 247 g/mol. The molecule has 1 heterocycles. The molecule has 0 N–H and O–H groups in total. The molecule has 0 amide bonds. The summed E-state index contributed by atoms with van der Waals surface area (Å²) in [6.07, 6.45) is -1.41. The Balaban J connectivity index is 0.00000121. The summed E-state index contributed by atoms with van der Waals surface area (Å²) in [4.78, 5) is 3.74. The Bertz CT molecular complexity index is 361. The largest absolute Gasteiger partial charge is 0.419 e. The molecule has 96 valence electrons. The number of aromatic nitrogens is 1. The molecule has 17 heavy (non-hydrogen) atoms.